The lowest BCUT2D eigenvalue weighted by Crippen LogP contribution is -2.41. The quantitative estimate of drug-likeness (QED) is 0.817. The van der Waals surface area contributed by atoms with E-state index in [1.807, 2.05) is 24.3 Å². The Kier molecular flexibility index (Phi) is 4.96. The molecule has 0 aromatic heterocycles. The van der Waals surface area contributed by atoms with Crippen LogP contribution in [0.4, 0.5) is 10.1 Å². The molecule has 1 aliphatic heterocycles. The standard InChI is InChI=1S/C20H20FNO3S/c1-14(2)15-5-9-18(10-6-15)22(19-11-12-26(24,25)13-19)20(23)16-3-7-17(21)8-4-16/h3-12,14,19H,13H2,1-2H3/t19-/m1/s1. The monoisotopic (exact) mass is 373 g/mol. The topological polar surface area (TPSA) is 54.5 Å². The number of carbonyl (C=O) groups excluding carboxylic acids is 1. The molecule has 0 spiro atoms. The first-order chi connectivity index (χ1) is 12.3. The van der Waals surface area contributed by atoms with Gasteiger partial charge in [0.2, 0.25) is 0 Å². The van der Waals surface area contributed by atoms with Crippen LogP contribution in [-0.4, -0.2) is 26.1 Å². The lowest BCUT2D eigenvalue weighted by Gasteiger charge is -2.28. The fourth-order valence-corrected chi connectivity index (χ4v) is 4.20. The average molecular weight is 373 g/mol. The maximum atomic E-state index is 13.2. The maximum Gasteiger partial charge on any atom is 0.258 e. The molecule has 0 radical (unpaired) electrons. The molecular formula is C20H20FNO3S. The molecule has 1 amide bonds. The van der Waals surface area contributed by atoms with Crippen molar-refractivity contribution in [3.63, 3.8) is 0 Å². The molecule has 1 heterocycles. The Morgan fingerprint density at radius 3 is 2.19 bits per heavy atom. The molecular weight excluding hydrogens is 353 g/mol. The number of sulfone groups is 1. The molecule has 2 aromatic rings. The summed E-state index contributed by atoms with van der Waals surface area (Å²) in [6.45, 7) is 4.14. The Morgan fingerprint density at radius 1 is 1.08 bits per heavy atom. The summed E-state index contributed by atoms with van der Waals surface area (Å²) in [5.41, 5.74) is 2.03. The number of rotatable bonds is 4. The van der Waals surface area contributed by atoms with Gasteiger partial charge >= 0.3 is 0 Å². The highest BCUT2D eigenvalue weighted by atomic mass is 32.2. The first-order valence-electron chi connectivity index (χ1n) is 8.37. The van der Waals surface area contributed by atoms with Gasteiger partial charge in [-0.1, -0.05) is 26.0 Å². The second-order valence-corrected chi connectivity index (χ2v) is 8.58. The summed E-state index contributed by atoms with van der Waals surface area (Å²) in [6, 6.07) is 12.1. The molecule has 6 heteroatoms. The third kappa shape index (κ3) is 3.85. The van der Waals surface area contributed by atoms with Crippen molar-refractivity contribution in [2.45, 2.75) is 25.8 Å². The minimum Gasteiger partial charge on any atom is -0.300 e. The van der Waals surface area contributed by atoms with E-state index in [0.717, 1.165) is 11.0 Å². The minimum absolute atomic E-state index is 0.161. The maximum absolute atomic E-state index is 13.2. The smallest absolute Gasteiger partial charge is 0.258 e. The number of carbonyl (C=O) groups is 1. The highest BCUT2D eigenvalue weighted by molar-refractivity contribution is 7.94. The molecule has 26 heavy (non-hydrogen) atoms. The third-order valence-electron chi connectivity index (χ3n) is 4.39. The van der Waals surface area contributed by atoms with Crippen LogP contribution in [0.2, 0.25) is 0 Å². The average Bonchev–Trinajstić information content (AvgIpc) is 2.95. The molecule has 0 unspecified atom stereocenters. The van der Waals surface area contributed by atoms with Gasteiger partial charge in [-0.3, -0.25) is 4.79 Å². The van der Waals surface area contributed by atoms with Crippen LogP contribution >= 0.6 is 0 Å². The van der Waals surface area contributed by atoms with Crippen molar-refractivity contribution in [2.75, 3.05) is 10.7 Å². The molecule has 0 saturated carbocycles. The van der Waals surface area contributed by atoms with Gasteiger partial charge in [0.1, 0.15) is 5.82 Å². The molecule has 2 aromatic carbocycles. The summed E-state index contributed by atoms with van der Waals surface area (Å²) < 4.78 is 36.9. The van der Waals surface area contributed by atoms with Gasteiger partial charge in [0.25, 0.3) is 5.91 Å². The second kappa shape index (κ2) is 7.03. The van der Waals surface area contributed by atoms with Crippen LogP contribution in [0, 0.1) is 5.82 Å². The van der Waals surface area contributed by atoms with Gasteiger partial charge < -0.3 is 4.90 Å². The van der Waals surface area contributed by atoms with Crippen LogP contribution in [0.25, 0.3) is 0 Å². The largest absolute Gasteiger partial charge is 0.300 e. The summed E-state index contributed by atoms with van der Waals surface area (Å²) >= 11 is 0. The van der Waals surface area contributed by atoms with Crippen LogP contribution in [0.3, 0.4) is 0 Å². The number of nitrogens with zero attached hydrogens (tertiary/aromatic N) is 1. The Hall–Kier alpha value is -2.47. The van der Waals surface area contributed by atoms with Crippen molar-refractivity contribution in [2.24, 2.45) is 0 Å². The van der Waals surface area contributed by atoms with E-state index in [9.17, 15) is 17.6 Å². The molecule has 0 fully saturated rings. The number of benzene rings is 2. The van der Waals surface area contributed by atoms with Crippen molar-refractivity contribution in [3.05, 3.63) is 77.0 Å². The first-order valence-corrected chi connectivity index (χ1v) is 10.1. The lowest BCUT2D eigenvalue weighted by molar-refractivity contribution is 0.0983. The molecule has 0 bridgehead atoms. The molecule has 136 valence electrons. The van der Waals surface area contributed by atoms with Crippen molar-refractivity contribution in [3.8, 4) is 0 Å². The van der Waals surface area contributed by atoms with Gasteiger partial charge in [0.15, 0.2) is 9.84 Å². The van der Waals surface area contributed by atoms with Gasteiger partial charge in [-0.15, -0.1) is 0 Å². The zero-order valence-corrected chi connectivity index (χ0v) is 15.4. The van der Waals surface area contributed by atoms with E-state index in [1.54, 1.807) is 0 Å². The molecule has 0 N–H and O–H groups in total. The lowest BCUT2D eigenvalue weighted by atomic mass is 10.0. The van der Waals surface area contributed by atoms with Gasteiger partial charge in [-0.25, -0.2) is 12.8 Å². The summed E-state index contributed by atoms with van der Waals surface area (Å²) in [5, 5.41) is 1.14. The number of halogens is 1. The van der Waals surface area contributed by atoms with Crippen molar-refractivity contribution in [1.29, 1.82) is 0 Å². The normalized spacial score (nSPS) is 18.2. The first kappa shape index (κ1) is 18.3. The summed E-state index contributed by atoms with van der Waals surface area (Å²) in [6.07, 6.45) is 1.52. The second-order valence-electron chi connectivity index (χ2n) is 6.65. The zero-order valence-electron chi connectivity index (χ0n) is 14.6. The van der Waals surface area contributed by atoms with Gasteiger partial charge in [-0.05, 0) is 54.0 Å². The van der Waals surface area contributed by atoms with E-state index in [-0.39, 0.29) is 11.7 Å². The predicted molar refractivity (Wildman–Crippen MR) is 100 cm³/mol. The van der Waals surface area contributed by atoms with Crippen LogP contribution in [0.1, 0.15) is 35.7 Å². The number of anilines is 1. The zero-order chi connectivity index (χ0) is 18.9. The fraction of sp³-hybridized carbons (Fsp3) is 0.250. The SMILES string of the molecule is CC(C)c1ccc(N(C(=O)c2ccc(F)cc2)[C@@H]2C=CS(=O)(=O)C2)cc1. The number of amides is 1. The van der Waals surface area contributed by atoms with E-state index in [1.165, 1.54) is 35.2 Å². The molecule has 0 saturated heterocycles. The van der Waals surface area contributed by atoms with E-state index in [4.69, 9.17) is 0 Å². The molecule has 1 aliphatic rings. The van der Waals surface area contributed by atoms with Crippen molar-refractivity contribution < 1.29 is 17.6 Å². The van der Waals surface area contributed by atoms with Crippen molar-refractivity contribution >= 4 is 21.4 Å². The highest BCUT2D eigenvalue weighted by Gasteiger charge is 2.32. The predicted octanol–water partition coefficient (Wildman–Crippen LogP) is 3.91. The van der Waals surface area contributed by atoms with E-state index in [0.29, 0.717) is 17.2 Å². The molecule has 4 nitrogen and oxygen atoms in total. The van der Waals surface area contributed by atoms with Crippen LogP contribution in [0.5, 0.6) is 0 Å². The Bertz CT molecular complexity index is 932. The van der Waals surface area contributed by atoms with E-state index >= 15 is 0 Å². The molecule has 3 rings (SSSR count). The van der Waals surface area contributed by atoms with Gasteiger partial charge in [0.05, 0.1) is 11.8 Å². The Labute approximate surface area is 152 Å². The minimum atomic E-state index is -3.33. The van der Waals surface area contributed by atoms with Crippen LogP contribution in [0.15, 0.2) is 60.0 Å². The van der Waals surface area contributed by atoms with Gasteiger partial charge in [-0.2, -0.15) is 0 Å². The van der Waals surface area contributed by atoms with E-state index in [2.05, 4.69) is 13.8 Å². The summed E-state index contributed by atoms with van der Waals surface area (Å²) in [5.74, 6) is -0.616. The fourth-order valence-electron chi connectivity index (χ4n) is 2.93. The molecule has 0 aliphatic carbocycles. The van der Waals surface area contributed by atoms with Crippen LogP contribution in [-0.2, 0) is 9.84 Å². The Balaban J connectivity index is 2.00. The highest BCUT2D eigenvalue weighted by Crippen LogP contribution is 2.27. The number of hydrogen-bond donors (Lipinski definition) is 0. The van der Waals surface area contributed by atoms with Crippen LogP contribution < -0.4 is 4.90 Å². The number of hydrogen-bond acceptors (Lipinski definition) is 3. The summed E-state index contributed by atoms with van der Waals surface area (Å²) in [4.78, 5) is 14.5. The summed E-state index contributed by atoms with van der Waals surface area (Å²) in [7, 11) is -3.33. The third-order valence-corrected chi connectivity index (χ3v) is 5.77. The Morgan fingerprint density at radius 2 is 1.69 bits per heavy atom. The van der Waals surface area contributed by atoms with Gasteiger partial charge in [0, 0.05) is 16.7 Å². The van der Waals surface area contributed by atoms with Crippen molar-refractivity contribution in [1.82, 2.24) is 0 Å². The molecule has 1 atom stereocenters. The van der Waals surface area contributed by atoms with E-state index < -0.39 is 21.7 Å².